The van der Waals surface area contributed by atoms with Crippen molar-refractivity contribution in [1.29, 1.82) is 0 Å². The van der Waals surface area contributed by atoms with Crippen LogP contribution in [-0.2, 0) is 19.1 Å². The van der Waals surface area contributed by atoms with Gasteiger partial charge in [-0.25, -0.2) is 0 Å². The molecule has 27 heavy (non-hydrogen) atoms. The fourth-order valence-corrected chi connectivity index (χ4v) is 4.00. The van der Waals surface area contributed by atoms with Crippen LogP contribution in [0.25, 0.3) is 0 Å². The summed E-state index contributed by atoms with van der Waals surface area (Å²) in [5.74, 6) is -0.774. The van der Waals surface area contributed by atoms with Crippen LogP contribution in [0.2, 0.25) is 0 Å². The van der Waals surface area contributed by atoms with Gasteiger partial charge < -0.3 is 10.1 Å². The van der Waals surface area contributed by atoms with Gasteiger partial charge in [0.2, 0.25) is 5.91 Å². The van der Waals surface area contributed by atoms with E-state index in [-0.39, 0.29) is 42.0 Å². The fourth-order valence-electron chi connectivity index (χ4n) is 4.00. The predicted molar refractivity (Wildman–Crippen MR) is 99.2 cm³/mol. The Labute approximate surface area is 158 Å². The van der Waals surface area contributed by atoms with E-state index in [1.165, 1.54) is 0 Å². The van der Waals surface area contributed by atoms with Gasteiger partial charge >= 0.3 is 5.97 Å². The van der Waals surface area contributed by atoms with E-state index in [0.717, 1.165) is 19.3 Å². The SMILES string of the molecule is CCC(=O)Nc1ccc(C(=O)COC(=O)C2C[C@H]3CCC[C@H](C2)C3=O)cc1. The summed E-state index contributed by atoms with van der Waals surface area (Å²) in [6, 6.07) is 6.50. The molecule has 1 N–H and O–H groups in total. The quantitative estimate of drug-likeness (QED) is 0.613. The van der Waals surface area contributed by atoms with Crippen LogP contribution in [0.3, 0.4) is 0 Å². The number of Topliss-reactive ketones (excluding diaryl/α,β-unsaturated/α-hetero) is 2. The number of nitrogens with one attached hydrogen (secondary N) is 1. The highest BCUT2D eigenvalue weighted by Crippen LogP contribution is 2.40. The van der Waals surface area contributed by atoms with Crippen LogP contribution in [0.15, 0.2) is 24.3 Å². The number of benzene rings is 1. The lowest BCUT2D eigenvalue weighted by Crippen LogP contribution is -2.39. The first kappa shape index (κ1) is 19.3. The van der Waals surface area contributed by atoms with E-state index in [1.807, 2.05) is 0 Å². The normalized spacial score (nSPS) is 24.2. The first-order chi connectivity index (χ1) is 13.0. The number of rotatable bonds is 6. The number of esters is 1. The lowest BCUT2D eigenvalue weighted by atomic mass is 9.67. The molecule has 2 aliphatic carbocycles. The molecule has 0 radical (unpaired) electrons. The van der Waals surface area contributed by atoms with Gasteiger partial charge in [0.25, 0.3) is 0 Å². The molecule has 0 unspecified atom stereocenters. The van der Waals surface area contributed by atoms with Crippen LogP contribution >= 0.6 is 0 Å². The molecule has 2 saturated carbocycles. The average molecular weight is 371 g/mol. The van der Waals surface area contributed by atoms with Crippen LogP contribution in [-0.4, -0.2) is 30.0 Å². The Bertz CT molecular complexity index is 723. The molecule has 1 aromatic rings. The monoisotopic (exact) mass is 371 g/mol. The Hall–Kier alpha value is -2.50. The van der Waals surface area contributed by atoms with Crippen LogP contribution < -0.4 is 5.32 Å². The molecule has 1 aromatic carbocycles. The first-order valence-corrected chi connectivity index (χ1v) is 9.61. The van der Waals surface area contributed by atoms with Crippen LogP contribution in [0.1, 0.15) is 55.8 Å². The summed E-state index contributed by atoms with van der Waals surface area (Å²) in [5, 5.41) is 2.71. The highest BCUT2D eigenvalue weighted by atomic mass is 16.5. The second-order valence-corrected chi connectivity index (χ2v) is 7.41. The maximum Gasteiger partial charge on any atom is 0.309 e. The fraction of sp³-hybridized carbons (Fsp3) is 0.524. The molecule has 2 atom stereocenters. The number of amides is 1. The third-order valence-electron chi connectivity index (χ3n) is 5.54. The van der Waals surface area contributed by atoms with Crippen LogP contribution in [0.5, 0.6) is 0 Å². The number of anilines is 1. The van der Waals surface area contributed by atoms with E-state index in [1.54, 1.807) is 31.2 Å². The Morgan fingerprint density at radius 2 is 1.70 bits per heavy atom. The van der Waals surface area contributed by atoms with Crippen molar-refractivity contribution in [3.63, 3.8) is 0 Å². The highest BCUT2D eigenvalue weighted by molar-refractivity contribution is 5.99. The number of carbonyl (C=O) groups is 4. The predicted octanol–water partition coefficient (Wildman–Crippen LogP) is 3.16. The summed E-state index contributed by atoms with van der Waals surface area (Å²) in [7, 11) is 0. The number of fused-ring (bicyclic) bond motifs is 2. The molecule has 2 fully saturated rings. The van der Waals surface area contributed by atoms with Crippen molar-refractivity contribution in [1.82, 2.24) is 0 Å². The number of hydrogen-bond donors (Lipinski definition) is 1. The van der Waals surface area contributed by atoms with Gasteiger partial charge in [-0.05, 0) is 49.9 Å². The third-order valence-corrected chi connectivity index (χ3v) is 5.54. The molecule has 0 spiro atoms. The molecule has 0 aromatic heterocycles. The van der Waals surface area contributed by atoms with Crippen molar-refractivity contribution in [2.45, 2.75) is 45.4 Å². The molecule has 3 rings (SSSR count). The minimum absolute atomic E-state index is 0.0170. The number of carbonyl (C=O) groups excluding carboxylic acids is 4. The molecule has 2 aliphatic rings. The smallest absolute Gasteiger partial charge is 0.309 e. The van der Waals surface area contributed by atoms with Crippen molar-refractivity contribution < 1.29 is 23.9 Å². The lowest BCUT2D eigenvalue weighted by Gasteiger charge is -2.36. The molecular formula is C21H25NO5. The van der Waals surface area contributed by atoms with Gasteiger partial charge in [-0.3, -0.25) is 19.2 Å². The van der Waals surface area contributed by atoms with Gasteiger partial charge in [0, 0.05) is 29.5 Å². The Kier molecular flexibility index (Phi) is 6.04. The Balaban J connectivity index is 1.50. The molecule has 2 bridgehead atoms. The zero-order valence-corrected chi connectivity index (χ0v) is 15.5. The standard InChI is InChI=1S/C21H25NO5/c1-2-19(24)22-17-8-6-13(7-9-17)18(23)12-27-21(26)16-10-14-4-3-5-15(11-16)20(14)25/h6-9,14-16H,2-5,10-12H2,1H3,(H,22,24)/t14-,15-/m1/s1. The molecule has 6 nitrogen and oxygen atoms in total. The Morgan fingerprint density at radius 1 is 1.07 bits per heavy atom. The van der Waals surface area contributed by atoms with Gasteiger partial charge in [-0.2, -0.15) is 0 Å². The van der Waals surface area contributed by atoms with E-state index in [9.17, 15) is 19.2 Å². The van der Waals surface area contributed by atoms with Crippen molar-refractivity contribution >= 4 is 29.1 Å². The summed E-state index contributed by atoms with van der Waals surface area (Å²) in [6.45, 7) is 1.45. The van der Waals surface area contributed by atoms with Crippen LogP contribution in [0, 0.1) is 17.8 Å². The second kappa shape index (κ2) is 8.46. The van der Waals surface area contributed by atoms with Gasteiger partial charge in [0.05, 0.1) is 5.92 Å². The highest BCUT2D eigenvalue weighted by Gasteiger charge is 2.41. The summed E-state index contributed by atoms with van der Waals surface area (Å²) < 4.78 is 5.24. The minimum atomic E-state index is -0.375. The molecule has 144 valence electrons. The average Bonchev–Trinajstić information content (AvgIpc) is 2.66. The van der Waals surface area contributed by atoms with Gasteiger partial charge in [-0.1, -0.05) is 13.3 Å². The summed E-state index contributed by atoms with van der Waals surface area (Å²) in [4.78, 5) is 48.1. The van der Waals surface area contributed by atoms with Gasteiger partial charge in [0.1, 0.15) is 5.78 Å². The van der Waals surface area contributed by atoms with E-state index in [0.29, 0.717) is 36.3 Å². The van der Waals surface area contributed by atoms with E-state index in [4.69, 9.17) is 4.74 Å². The summed E-state index contributed by atoms with van der Waals surface area (Å²) in [5.41, 5.74) is 1.04. The molecule has 1 amide bonds. The minimum Gasteiger partial charge on any atom is -0.457 e. The summed E-state index contributed by atoms with van der Waals surface area (Å²) >= 11 is 0. The first-order valence-electron chi connectivity index (χ1n) is 9.61. The topological polar surface area (TPSA) is 89.5 Å². The van der Waals surface area contributed by atoms with Crippen molar-refractivity contribution in [2.24, 2.45) is 17.8 Å². The molecule has 6 heteroatoms. The zero-order valence-electron chi connectivity index (χ0n) is 15.5. The van der Waals surface area contributed by atoms with Gasteiger partial charge in [0.15, 0.2) is 12.4 Å². The summed E-state index contributed by atoms with van der Waals surface area (Å²) in [6.07, 6.45) is 4.25. The van der Waals surface area contributed by atoms with Crippen molar-refractivity contribution in [2.75, 3.05) is 11.9 Å². The lowest BCUT2D eigenvalue weighted by molar-refractivity contribution is -0.152. The van der Waals surface area contributed by atoms with Crippen molar-refractivity contribution in [3.05, 3.63) is 29.8 Å². The number of ether oxygens (including phenoxy) is 1. The zero-order chi connectivity index (χ0) is 19.4. The number of ketones is 2. The molecule has 0 saturated heterocycles. The third kappa shape index (κ3) is 4.62. The van der Waals surface area contributed by atoms with Crippen molar-refractivity contribution in [3.8, 4) is 0 Å². The van der Waals surface area contributed by atoms with E-state index in [2.05, 4.69) is 5.32 Å². The maximum atomic E-state index is 12.3. The molecule has 0 heterocycles. The maximum absolute atomic E-state index is 12.3. The molecular weight excluding hydrogens is 346 g/mol. The largest absolute Gasteiger partial charge is 0.457 e. The van der Waals surface area contributed by atoms with Gasteiger partial charge in [-0.15, -0.1) is 0 Å². The van der Waals surface area contributed by atoms with E-state index >= 15 is 0 Å². The Morgan fingerprint density at radius 3 is 2.30 bits per heavy atom. The number of hydrogen-bond acceptors (Lipinski definition) is 5. The second-order valence-electron chi connectivity index (χ2n) is 7.41. The molecule has 0 aliphatic heterocycles. The van der Waals surface area contributed by atoms with Crippen LogP contribution in [0.4, 0.5) is 5.69 Å². The van der Waals surface area contributed by atoms with E-state index < -0.39 is 0 Å².